The molecule has 0 radical (unpaired) electrons. The van der Waals surface area contributed by atoms with Gasteiger partial charge in [0.05, 0.1) is 12.0 Å². The van der Waals surface area contributed by atoms with Gasteiger partial charge in [-0.3, -0.25) is 9.59 Å². The van der Waals surface area contributed by atoms with Gasteiger partial charge in [-0.25, -0.2) is 0 Å². The van der Waals surface area contributed by atoms with E-state index < -0.39 is 0 Å². The fourth-order valence-corrected chi connectivity index (χ4v) is 2.06. The van der Waals surface area contributed by atoms with Crippen LogP contribution in [0.25, 0.3) is 0 Å². The number of amides is 1. The molecule has 0 aliphatic heterocycles. The van der Waals surface area contributed by atoms with Gasteiger partial charge in [-0.15, -0.1) is 13.2 Å². The van der Waals surface area contributed by atoms with Gasteiger partial charge in [0, 0.05) is 6.42 Å². The van der Waals surface area contributed by atoms with E-state index in [1.165, 1.54) is 0 Å². The summed E-state index contributed by atoms with van der Waals surface area (Å²) in [5, 5.41) is 2.91. The van der Waals surface area contributed by atoms with Crippen molar-refractivity contribution in [1.82, 2.24) is 5.32 Å². The lowest BCUT2D eigenvalue weighted by Crippen LogP contribution is -2.32. The summed E-state index contributed by atoms with van der Waals surface area (Å²) in [6, 6.07) is 9.13. The maximum atomic E-state index is 12.0. The molecule has 4 heteroatoms. The largest absolute Gasteiger partial charge is 0.463 e. The van der Waals surface area contributed by atoms with E-state index in [0.29, 0.717) is 19.3 Å². The van der Waals surface area contributed by atoms with Crippen molar-refractivity contribution in [2.45, 2.75) is 32.2 Å². The maximum absolute atomic E-state index is 12.0. The molecule has 1 aromatic carbocycles. The molecule has 1 rings (SSSR count). The van der Waals surface area contributed by atoms with Gasteiger partial charge >= 0.3 is 5.97 Å². The zero-order valence-electron chi connectivity index (χ0n) is 13.7. The molecule has 124 valence electrons. The van der Waals surface area contributed by atoms with E-state index in [4.69, 9.17) is 4.74 Å². The number of carbonyl (C=O) groups excluding carboxylic acids is 2. The summed E-state index contributed by atoms with van der Waals surface area (Å²) in [6.07, 6.45) is 4.95. The van der Waals surface area contributed by atoms with E-state index in [1.54, 1.807) is 19.1 Å². The van der Waals surface area contributed by atoms with Gasteiger partial charge in [0.15, 0.2) is 0 Å². The summed E-state index contributed by atoms with van der Waals surface area (Å²) in [5.74, 6) is -0.611. The van der Waals surface area contributed by atoms with Gasteiger partial charge in [0.1, 0.15) is 6.61 Å². The highest BCUT2D eigenvalue weighted by Crippen LogP contribution is 2.15. The van der Waals surface area contributed by atoms with Crippen LogP contribution in [0.5, 0.6) is 0 Å². The van der Waals surface area contributed by atoms with Crippen molar-refractivity contribution in [2.75, 3.05) is 6.61 Å². The lowest BCUT2D eigenvalue weighted by atomic mass is 10.1. The second-order valence-electron chi connectivity index (χ2n) is 5.41. The summed E-state index contributed by atoms with van der Waals surface area (Å²) in [7, 11) is 0. The molecule has 1 N–H and O–H groups in total. The number of hydrogen-bond donors (Lipinski definition) is 1. The Labute approximate surface area is 138 Å². The fraction of sp³-hybridized carbons (Fsp3) is 0.368. The van der Waals surface area contributed by atoms with Gasteiger partial charge in [-0.1, -0.05) is 49.4 Å². The molecule has 1 amide bonds. The quantitative estimate of drug-likeness (QED) is 0.530. The first-order valence-electron chi connectivity index (χ1n) is 7.81. The highest BCUT2D eigenvalue weighted by atomic mass is 16.5. The van der Waals surface area contributed by atoms with Crippen molar-refractivity contribution >= 4 is 11.9 Å². The summed E-state index contributed by atoms with van der Waals surface area (Å²) in [6.45, 7) is 9.14. The van der Waals surface area contributed by atoms with Crippen LogP contribution >= 0.6 is 0 Å². The Morgan fingerprint density at radius 1 is 1.22 bits per heavy atom. The number of carbonyl (C=O) groups is 2. The average molecular weight is 315 g/mol. The number of hydrogen-bond acceptors (Lipinski definition) is 3. The monoisotopic (exact) mass is 315 g/mol. The summed E-state index contributed by atoms with van der Waals surface area (Å²) in [4.78, 5) is 23.9. The molecule has 0 heterocycles. The van der Waals surface area contributed by atoms with Crippen LogP contribution < -0.4 is 5.32 Å². The van der Waals surface area contributed by atoms with Crippen LogP contribution in [0.3, 0.4) is 0 Å². The van der Waals surface area contributed by atoms with Crippen molar-refractivity contribution < 1.29 is 14.3 Å². The summed E-state index contributed by atoms with van der Waals surface area (Å²) >= 11 is 0. The summed E-state index contributed by atoms with van der Waals surface area (Å²) < 4.78 is 5.36. The molecule has 0 aliphatic rings. The normalized spacial score (nSPS) is 12.7. The van der Waals surface area contributed by atoms with Crippen LogP contribution in [-0.4, -0.2) is 18.5 Å². The third-order valence-corrected chi connectivity index (χ3v) is 3.43. The third kappa shape index (κ3) is 6.96. The molecular weight excluding hydrogens is 290 g/mol. The second-order valence-corrected chi connectivity index (χ2v) is 5.41. The van der Waals surface area contributed by atoms with E-state index in [9.17, 15) is 9.59 Å². The minimum absolute atomic E-state index is 0.0889. The average Bonchev–Trinajstić information content (AvgIpc) is 2.57. The van der Waals surface area contributed by atoms with E-state index >= 15 is 0 Å². The smallest absolute Gasteiger partial charge is 0.309 e. The lowest BCUT2D eigenvalue weighted by Gasteiger charge is -2.20. The van der Waals surface area contributed by atoms with Crippen molar-refractivity contribution in [3.8, 4) is 0 Å². The molecule has 0 spiro atoms. The van der Waals surface area contributed by atoms with Crippen LogP contribution in [0.1, 0.15) is 37.8 Å². The molecule has 0 aliphatic carbocycles. The molecule has 23 heavy (non-hydrogen) atoms. The standard InChI is InChI=1S/C19H25NO3/c1-4-6-13-18(21)20-17(16-11-8-7-9-12-16)14-23-19(22)15(3)10-5-2/h4-5,7-9,11-12,15,17H,1-2,6,10,13-14H2,3H3,(H,20,21). The predicted molar refractivity (Wildman–Crippen MR) is 91.7 cm³/mol. The number of esters is 1. The van der Waals surface area contributed by atoms with Gasteiger partial charge < -0.3 is 10.1 Å². The Hall–Kier alpha value is -2.36. The molecule has 0 fully saturated rings. The lowest BCUT2D eigenvalue weighted by molar-refractivity contribution is -0.149. The van der Waals surface area contributed by atoms with Gasteiger partial charge in [-0.2, -0.15) is 0 Å². The van der Waals surface area contributed by atoms with Crippen molar-refractivity contribution in [3.63, 3.8) is 0 Å². The predicted octanol–water partition coefficient (Wildman–Crippen LogP) is 3.57. The van der Waals surface area contributed by atoms with Crippen LogP contribution in [0.4, 0.5) is 0 Å². The Bertz CT molecular complexity index is 525. The third-order valence-electron chi connectivity index (χ3n) is 3.43. The molecule has 1 aromatic rings. The zero-order chi connectivity index (χ0) is 17.1. The summed E-state index contributed by atoms with van der Waals surface area (Å²) in [5.41, 5.74) is 0.906. The number of allylic oxidation sites excluding steroid dienone is 2. The Balaban J connectivity index is 2.68. The number of ether oxygens (including phenoxy) is 1. The van der Waals surface area contributed by atoms with Crippen LogP contribution in [0.2, 0.25) is 0 Å². The SMILES string of the molecule is C=CCCC(=O)NC(COC(=O)C(C)CC=C)c1ccccc1. The Morgan fingerprint density at radius 2 is 1.91 bits per heavy atom. The maximum Gasteiger partial charge on any atom is 0.309 e. The molecule has 0 aromatic heterocycles. The molecule has 2 atom stereocenters. The van der Waals surface area contributed by atoms with Gasteiger partial charge in [0.2, 0.25) is 5.91 Å². The second kappa shape index (κ2) is 10.4. The number of rotatable bonds is 10. The van der Waals surface area contributed by atoms with Crippen molar-refractivity contribution in [1.29, 1.82) is 0 Å². The molecule has 4 nitrogen and oxygen atoms in total. The zero-order valence-corrected chi connectivity index (χ0v) is 13.7. The van der Waals surface area contributed by atoms with Crippen molar-refractivity contribution in [2.24, 2.45) is 5.92 Å². The van der Waals surface area contributed by atoms with Crippen LogP contribution in [-0.2, 0) is 14.3 Å². The first-order valence-corrected chi connectivity index (χ1v) is 7.81. The van der Waals surface area contributed by atoms with Gasteiger partial charge in [-0.05, 0) is 18.4 Å². The highest BCUT2D eigenvalue weighted by Gasteiger charge is 2.19. The van der Waals surface area contributed by atoms with E-state index in [0.717, 1.165) is 5.56 Å². The molecule has 0 saturated heterocycles. The number of benzene rings is 1. The van der Waals surface area contributed by atoms with E-state index in [1.807, 2.05) is 30.3 Å². The first-order chi connectivity index (χ1) is 11.1. The highest BCUT2D eigenvalue weighted by molar-refractivity contribution is 5.76. The number of nitrogens with one attached hydrogen (secondary N) is 1. The van der Waals surface area contributed by atoms with Crippen molar-refractivity contribution in [3.05, 3.63) is 61.2 Å². The first kappa shape index (κ1) is 18.7. The molecule has 0 bridgehead atoms. The molecular formula is C19H25NO3. The molecule has 2 unspecified atom stereocenters. The molecule has 0 saturated carbocycles. The van der Waals surface area contributed by atoms with Crippen LogP contribution in [0.15, 0.2) is 55.6 Å². The van der Waals surface area contributed by atoms with E-state index in [-0.39, 0.29) is 30.4 Å². The minimum Gasteiger partial charge on any atom is -0.463 e. The van der Waals surface area contributed by atoms with E-state index in [2.05, 4.69) is 18.5 Å². The van der Waals surface area contributed by atoms with Crippen LogP contribution in [0, 0.1) is 5.92 Å². The van der Waals surface area contributed by atoms with Gasteiger partial charge in [0.25, 0.3) is 0 Å². The minimum atomic E-state index is -0.353. The fourth-order valence-electron chi connectivity index (χ4n) is 2.06. The Morgan fingerprint density at radius 3 is 2.52 bits per heavy atom. The topological polar surface area (TPSA) is 55.4 Å². The Kier molecular flexibility index (Phi) is 8.43.